The van der Waals surface area contributed by atoms with Crippen LogP contribution in [0.2, 0.25) is 5.02 Å². The molecule has 0 spiro atoms. The molecule has 1 fully saturated rings. The van der Waals surface area contributed by atoms with Gasteiger partial charge in [-0.25, -0.2) is 4.79 Å². The number of carbonyl (C=O) groups is 3. The van der Waals surface area contributed by atoms with Gasteiger partial charge in [-0.1, -0.05) is 51.8 Å². The molecule has 0 aliphatic carbocycles. The van der Waals surface area contributed by atoms with Gasteiger partial charge in [-0.05, 0) is 47.4 Å². The van der Waals surface area contributed by atoms with Crippen LogP contribution in [0.25, 0.3) is 6.08 Å². The number of urea groups is 1. The standard InChI is InChI=1S/C18H12BrClN2O3/c19-15-4-2-1-3-11(15)7-10-5-6-13(20)8-12(10)9-14-16(23)21-18(25)22-17(14)24/h1-6,8-9H,7H2,(H2,21,22,23,24,25). The van der Waals surface area contributed by atoms with E-state index in [1.807, 2.05) is 30.3 Å². The lowest BCUT2D eigenvalue weighted by Crippen LogP contribution is -2.51. The Kier molecular flexibility index (Phi) is 5.01. The molecule has 126 valence electrons. The minimum Gasteiger partial charge on any atom is -0.273 e. The summed E-state index contributed by atoms with van der Waals surface area (Å²) in [7, 11) is 0. The lowest BCUT2D eigenvalue weighted by atomic mass is 9.97. The number of amides is 4. The second-order valence-electron chi connectivity index (χ2n) is 5.41. The molecule has 3 rings (SSSR count). The fourth-order valence-corrected chi connectivity index (χ4v) is 3.08. The van der Waals surface area contributed by atoms with Crippen LogP contribution < -0.4 is 10.6 Å². The summed E-state index contributed by atoms with van der Waals surface area (Å²) >= 11 is 9.58. The Labute approximate surface area is 157 Å². The maximum absolute atomic E-state index is 11.9. The maximum Gasteiger partial charge on any atom is 0.328 e. The minimum absolute atomic E-state index is 0.143. The Morgan fingerprint density at radius 2 is 1.64 bits per heavy atom. The molecule has 2 aromatic rings. The summed E-state index contributed by atoms with van der Waals surface area (Å²) in [6.45, 7) is 0. The van der Waals surface area contributed by atoms with Crippen LogP contribution in [0.15, 0.2) is 52.5 Å². The van der Waals surface area contributed by atoms with Crippen molar-refractivity contribution in [3.63, 3.8) is 0 Å². The molecule has 0 radical (unpaired) electrons. The van der Waals surface area contributed by atoms with E-state index >= 15 is 0 Å². The van der Waals surface area contributed by atoms with Crippen molar-refractivity contribution in [2.24, 2.45) is 0 Å². The zero-order valence-corrected chi connectivity index (χ0v) is 15.1. The monoisotopic (exact) mass is 418 g/mol. The molecule has 1 aliphatic rings. The third-order valence-electron chi connectivity index (χ3n) is 3.69. The second-order valence-corrected chi connectivity index (χ2v) is 6.70. The van der Waals surface area contributed by atoms with Crippen LogP contribution in [-0.4, -0.2) is 17.8 Å². The first-order valence-corrected chi connectivity index (χ1v) is 8.51. The third-order valence-corrected chi connectivity index (χ3v) is 4.70. The Morgan fingerprint density at radius 3 is 2.32 bits per heavy atom. The molecule has 0 bridgehead atoms. The van der Waals surface area contributed by atoms with Gasteiger partial charge >= 0.3 is 6.03 Å². The number of rotatable bonds is 3. The molecule has 25 heavy (non-hydrogen) atoms. The molecule has 1 heterocycles. The Hall–Kier alpha value is -2.44. The molecule has 1 aliphatic heterocycles. The number of imide groups is 2. The van der Waals surface area contributed by atoms with E-state index < -0.39 is 17.8 Å². The van der Waals surface area contributed by atoms with Gasteiger partial charge in [0.05, 0.1) is 0 Å². The summed E-state index contributed by atoms with van der Waals surface area (Å²) in [5, 5.41) is 4.59. The van der Waals surface area contributed by atoms with E-state index in [1.54, 1.807) is 12.1 Å². The number of carbonyl (C=O) groups excluding carboxylic acids is 3. The smallest absolute Gasteiger partial charge is 0.273 e. The van der Waals surface area contributed by atoms with Gasteiger partial charge in [0.25, 0.3) is 11.8 Å². The molecule has 2 aromatic carbocycles. The van der Waals surface area contributed by atoms with Crippen molar-refractivity contribution < 1.29 is 14.4 Å². The van der Waals surface area contributed by atoms with Crippen LogP contribution in [0.4, 0.5) is 4.79 Å². The lowest BCUT2D eigenvalue weighted by Gasteiger charge is -2.15. The third kappa shape index (κ3) is 3.97. The largest absolute Gasteiger partial charge is 0.328 e. The molecule has 7 heteroatoms. The van der Waals surface area contributed by atoms with Crippen LogP contribution in [0.1, 0.15) is 16.7 Å². The average Bonchev–Trinajstić information content (AvgIpc) is 2.55. The number of halogens is 2. The van der Waals surface area contributed by atoms with Gasteiger partial charge in [0.2, 0.25) is 0 Å². The van der Waals surface area contributed by atoms with E-state index in [9.17, 15) is 14.4 Å². The van der Waals surface area contributed by atoms with Gasteiger partial charge in [-0.15, -0.1) is 0 Å². The van der Waals surface area contributed by atoms with Crippen molar-refractivity contribution >= 4 is 51.5 Å². The maximum atomic E-state index is 11.9. The molecular formula is C18H12BrClN2O3. The normalized spacial score (nSPS) is 14.2. The van der Waals surface area contributed by atoms with Crippen molar-refractivity contribution in [2.45, 2.75) is 6.42 Å². The Morgan fingerprint density at radius 1 is 0.960 bits per heavy atom. The number of hydrogen-bond donors (Lipinski definition) is 2. The Balaban J connectivity index is 2.01. The van der Waals surface area contributed by atoms with Crippen LogP contribution in [0, 0.1) is 0 Å². The predicted molar refractivity (Wildman–Crippen MR) is 98.1 cm³/mol. The highest BCUT2D eigenvalue weighted by atomic mass is 79.9. The molecule has 0 unspecified atom stereocenters. The summed E-state index contributed by atoms with van der Waals surface area (Å²) in [5.41, 5.74) is 2.44. The molecule has 1 saturated heterocycles. The van der Waals surface area contributed by atoms with Crippen LogP contribution >= 0.6 is 27.5 Å². The predicted octanol–water partition coefficient (Wildman–Crippen LogP) is 3.44. The van der Waals surface area contributed by atoms with Crippen molar-refractivity contribution in [3.8, 4) is 0 Å². The number of hydrogen-bond acceptors (Lipinski definition) is 3. The van der Waals surface area contributed by atoms with E-state index in [0.29, 0.717) is 17.0 Å². The number of barbiturate groups is 1. The van der Waals surface area contributed by atoms with Gasteiger partial charge in [0, 0.05) is 9.50 Å². The van der Waals surface area contributed by atoms with Gasteiger partial charge in [0.15, 0.2) is 0 Å². The first-order chi connectivity index (χ1) is 11.9. The van der Waals surface area contributed by atoms with Crippen molar-refractivity contribution in [1.29, 1.82) is 0 Å². The van der Waals surface area contributed by atoms with E-state index in [-0.39, 0.29) is 5.57 Å². The molecule has 5 nitrogen and oxygen atoms in total. The van der Waals surface area contributed by atoms with Crippen molar-refractivity contribution in [1.82, 2.24) is 10.6 Å². The van der Waals surface area contributed by atoms with E-state index in [4.69, 9.17) is 11.6 Å². The summed E-state index contributed by atoms with van der Waals surface area (Å²) < 4.78 is 0.960. The highest BCUT2D eigenvalue weighted by Crippen LogP contribution is 2.25. The lowest BCUT2D eigenvalue weighted by molar-refractivity contribution is -0.123. The minimum atomic E-state index is -0.827. The second kappa shape index (κ2) is 7.21. The fourth-order valence-electron chi connectivity index (χ4n) is 2.47. The fraction of sp³-hybridized carbons (Fsp3) is 0.0556. The van der Waals surface area contributed by atoms with E-state index in [1.165, 1.54) is 6.08 Å². The first-order valence-electron chi connectivity index (χ1n) is 7.34. The van der Waals surface area contributed by atoms with Crippen LogP contribution in [0.3, 0.4) is 0 Å². The van der Waals surface area contributed by atoms with E-state index in [2.05, 4.69) is 26.6 Å². The molecular weight excluding hydrogens is 408 g/mol. The van der Waals surface area contributed by atoms with Gasteiger partial charge in [-0.2, -0.15) is 0 Å². The molecule has 0 atom stereocenters. The highest BCUT2D eigenvalue weighted by molar-refractivity contribution is 9.10. The van der Waals surface area contributed by atoms with Crippen LogP contribution in [-0.2, 0) is 16.0 Å². The zero-order chi connectivity index (χ0) is 18.0. The molecule has 0 saturated carbocycles. The highest BCUT2D eigenvalue weighted by Gasteiger charge is 2.27. The summed E-state index contributed by atoms with van der Waals surface area (Å²) in [6.07, 6.45) is 2.02. The SMILES string of the molecule is O=C1NC(=O)C(=Cc2cc(Cl)ccc2Cc2ccccc2Br)C(=O)N1. The van der Waals surface area contributed by atoms with Gasteiger partial charge in [-0.3, -0.25) is 20.2 Å². The average molecular weight is 420 g/mol. The summed E-state index contributed by atoms with van der Waals surface area (Å²) in [4.78, 5) is 35.0. The summed E-state index contributed by atoms with van der Waals surface area (Å²) in [6, 6.07) is 12.2. The quantitative estimate of drug-likeness (QED) is 0.591. The van der Waals surface area contributed by atoms with Gasteiger partial charge < -0.3 is 0 Å². The van der Waals surface area contributed by atoms with Crippen LogP contribution in [0.5, 0.6) is 0 Å². The summed E-state index contributed by atoms with van der Waals surface area (Å²) in [5.74, 6) is -1.47. The topological polar surface area (TPSA) is 75.3 Å². The first kappa shape index (κ1) is 17.4. The zero-order valence-electron chi connectivity index (χ0n) is 12.8. The Bertz CT molecular complexity index is 902. The van der Waals surface area contributed by atoms with Crippen molar-refractivity contribution in [2.75, 3.05) is 0 Å². The molecule has 0 aromatic heterocycles. The number of benzene rings is 2. The molecule has 4 amide bonds. The number of nitrogens with one attached hydrogen (secondary N) is 2. The van der Waals surface area contributed by atoms with Crippen molar-refractivity contribution in [3.05, 3.63) is 74.2 Å². The molecule has 2 N–H and O–H groups in total. The van der Waals surface area contributed by atoms with E-state index in [0.717, 1.165) is 15.6 Å². The van der Waals surface area contributed by atoms with Gasteiger partial charge in [0.1, 0.15) is 5.57 Å².